The number of rotatable bonds is 21. The number of nitrogens with zero attached hydrogens (tertiary/aromatic N) is 5. The normalized spacial score (nSPS) is 14.7. The van der Waals surface area contributed by atoms with E-state index < -0.39 is 53.3 Å². The van der Waals surface area contributed by atoms with Gasteiger partial charge in [-0.25, -0.2) is 19.6 Å². The third kappa shape index (κ3) is 22.1. The molecule has 0 aliphatic carbocycles. The number of carbonyl (C=O) groups excluding carboxylic acids is 6. The lowest BCUT2D eigenvalue weighted by Crippen LogP contribution is -2.46. The Balaban J connectivity index is 0.000000308. The van der Waals surface area contributed by atoms with Gasteiger partial charge in [-0.15, -0.1) is 0 Å². The van der Waals surface area contributed by atoms with E-state index in [2.05, 4.69) is 123 Å². The number of aryl methyl sites for hydroxylation is 3. The number of aromatic nitrogens is 3. The van der Waals surface area contributed by atoms with Gasteiger partial charge in [-0.1, -0.05) is 154 Å². The first kappa shape index (κ1) is 85.7. The predicted molar refractivity (Wildman–Crippen MR) is 426 cm³/mol. The van der Waals surface area contributed by atoms with Crippen LogP contribution in [-0.4, -0.2) is 129 Å². The number of amides is 2. The molecule has 4 atom stereocenters. The number of hydrogen-bond donors (Lipinski definition) is 7. The summed E-state index contributed by atoms with van der Waals surface area (Å²) in [5.74, 6) is -5.24. The van der Waals surface area contributed by atoms with Gasteiger partial charge in [-0.05, 0) is 143 Å². The van der Waals surface area contributed by atoms with Crippen LogP contribution in [0.1, 0.15) is 183 Å². The number of likely N-dealkylation sites (N-methyl/N-ethyl adjacent to an activating group) is 1. The van der Waals surface area contributed by atoms with Crippen molar-refractivity contribution in [2.75, 3.05) is 47.0 Å². The number of esters is 1. The van der Waals surface area contributed by atoms with Crippen molar-refractivity contribution < 1.29 is 63.1 Å². The quantitative estimate of drug-likeness (QED) is 0.0259. The molecule has 576 valence electrons. The van der Waals surface area contributed by atoms with E-state index in [0.29, 0.717) is 73.3 Å². The number of aromatic hydroxyl groups is 2. The predicted octanol–water partition coefficient (Wildman–Crippen LogP) is 14.3. The molecule has 109 heavy (non-hydrogen) atoms. The first-order valence-electron chi connectivity index (χ1n) is 36.2. The second kappa shape index (κ2) is 37.5. The number of ether oxygens (including phenoxy) is 3. The number of carboxylic acid groups (broad SMARTS) is 1. The van der Waals surface area contributed by atoms with Crippen molar-refractivity contribution >= 4 is 57.0 Å². The van der Waals surface area contributed by atoms with Crippen molar-refractivity contribution in [3.05, 3.63) is 193 Å². The van der Waals surface area contributed by atoms with Crippen molar-refractivity contribution in [3.8, 4) is 74.0 Å². The molecule has 22 nitrogen and oxygen atoms in total. The molecule has 23 heteroatoms. The highest BCUT2D eigenvalue weighted by Gasteiger charge is 2.37. The molecule has 10 N–H and O–H groups in total. The van der Waals surface area contributed by atoms with Gasteiger partial charge in [-0.3, -0.25) is 29.0 Å². The van der Waals surface area contributed by atoms with Gasteiger partial charge in [0.15, 0.2) is 17.3 Å². The number of pyridine rings is 3. The Hall–Kier alpha value is -10.5. The van der Waals surface area contributed by atoms with Crippen LogP contribution in [0.3, 0.4) is 0 Å². The molecular formula is C86H102BrN9O13. The molecule has 8 aromatic rings. The monoisotopic (exact) mass is 1550 g/mol. The van der Waals surface area contributed by atoms with E-state index in [9.17, 15) is 49.0 Å². The molecule has 4 bridgehead atoms. The van der Waals surface area contributed by atoms with Gasteiger partial charge >= 0.3 is 11.9 Å². The van der Waals surface area contributed by atoms with Crippen LogP contribution in [0.2, 0.25) is 0 Å². The first-order valence-corrected chi connectivity index (χ1v) is 37.0. The zero-order chi connectivity index (χ0) is 80.6. The second-order valence-corrected chi connectivity index (χ2v) is 31.1. The molecule has 4 heterocycles. The maximum Gasteiger partial charge on any atom is 0.339 e. The lowest BCUT2D eigenvalue weighted by Gasteiger charge is -2.32. The number of nitriles is 1. The zero-order valence-electron chi connectivity index (χ0n) is 65.0. The van der Waals surface area contributed by atoms with E-state index in [4.69, 9.17) is 36.5 Å². The molecule has 0 fully saturated rings. The van der Waals surface area contributed by atoms with Crippen molar-refractivity contribution in [3.63, 3.8) is 0 Å². The highest BCUT2D eigenvalue weighted by atomic mass is 79.9. The number of methoxy groups -OCH3 is 1. The molecular weight excluding hydrogens is 1450 g/mol. The number of aromatic carboxylic acids is 1. The molecule has 1 aliphatic rings. The molecule has 2 amide bonds. The number of fused-ring (bicyclic) bond motifs is 5. The van der Waals surface area contributed by atoms with Gasteiger partial charge in [0, 0.05) is 101 Å². The SMILES string of the molecule is COC(=O)c1cc(Br)c(-c2ccc(C(C)(C)C)cc2)nc1C.Cc1nc(-c2ccc(C(C)(C)C)cc2)c(O)cc1C(=O)C[C@@H](CCN)C(=O)N(C)[C@@H]1C(=O)C[C@@H](C)C(=O)N[C@H](C(=O)CCC#N)Cc2ccc(OCCN)c(c2)-c2cc1ccc2OCCN.Cc1nc(-c2ccc(C(C)(C)C)cc2)c(O)cc1C(=O)O. The van der Waals surface area contributed by atoms with E-state index >= 15 is 0 Å². The topological polar surface area (TPSA) is 364 Å². The van der Waals surface area contributed by atoms with Crippen molar-refractivity contribution in [1.29, 1.82) is 5.26 Å². The molecule has 0 radical (unpaired) electrons. The Morgan fingerprint density at radius 2 is 1.09 bits per heavy atom. The van der Waals surface area contributed by atoms with Gasteiger partial charge in [0.25, 0.3) is 0 Å². The maximum absolute atomic E-state index is 14.8. The standard InChI is InChI=1S/C51H63N7O8.C18H20BrNO2.C17H19NO3/c1-30-24-44(62)48(58(6)50(64)35(17-19-53)28-42(60)37-29-43(61)47(56-31(37)2)33-10-13-36(14-11-33)51(3,4)5)34-12-16-46(66-23-21-55)39(27-34)38-25-32(9-15-45(38)65-22-20-54)26-40(57-49(30)63)41(59)8-7-18-52;1-11-14(17(21)22-5)10-15(19)16(20-11)12-6-8-13(9-7-12)18(2,3)4;1-10-13(16(20)21)9-14(19)15(18-10)11-5-7-12(8-6-11)17(2,3)4/h9-16,25,27,29-30,35,40,48,61H,7-8,17,19-24,26,28,53-55H2,1-6H3,(H,57,63);6-10H,1-5H3;5-9,19H,1-4H3,(H,20,21)/t30-,35-,40+,48+;;/m1../s1. The van der Waals surface area contributed by atoms with E-state index in [-0.39, 0.29) is 122 Å². The van der Waals surface area contributed by atoms with Crippen LogP contribution in [0.15, 0.2) is 132 Å². The summed E-state index contributed by atoms with van der Waals surface area (Å²) in [4.78, 5) is 108. The minimum absolute atomic E-state index is 0.0163. The van der Waals surface area contributed by atoms with Crippen LogP contribution >= 0.6 is 15.9 Å². The molecule has 0 spiro atoms. The number of hydrogen-bond acceptors (Lipinski definition) is 19. The van der Waals surface area contributed by atoms with Crippen LogP contribution in [0.4, 0.5) is 0 Å². The highest BCUT2D eigenvalue weighted by molar-refractivity contribution is 9.10. The molecule has 0 saturated carbocycles. The summed E-state index contributed by atoms with van der Waals surface area (Å²) in [6.07, 6.45) is -0.561. The lowest BCUT2D eigenvalue weighted by molar-refractivity contribution is -0.142. The zero-order valence-corrected chi connectivity index (χ0v) is 66.6. The molecule has 5 aromatic carbocycles. The summed E-state index contributed by atoms with van der Waals surface area (Å²) in [5.41, 5.74) is 29.6. The van der Waals surface area contributed by atoms with E-state index in [1.54, 1.807) is 57.2 Å². The molecule has 0 unspecified atom stereocenters. The number of ketones is 3. The first-order chi connectivity index (χ1) is 51.3. The fourth-order valence-electron chi connectivity index (χ4n) is 12.6. The van der Waals surface area contributed by atoms with E-state index in [1.165, 1.54) is 42.3 Å². The summed E-state index contributed by atoms with van der Waals surface area (Å²) in [7, 11) is 2.85. The van der Waals surface area contributed by atoms with Crippen molar-refractivity contribution in [2.24, 2.45) is 29.0 Å². The summed E-state index contributed by atoms with van der Waals surface area (Å²) in [6.45, 7) is 26.7. The van der Waals surface area contributed by atoms with Crippen LogP contribution in [0.25, 0.3) is 44.9 Å². The summed E-state index contributed by atoms with van der Waals surface area (Å²) in [6, 6.07) is 38.3. The molecule has 1 aliphatic heterocycles. The molecule has 0 saturated heterocycles. The highest BCUT2D eigenvalue weighted by Crippen LogP contribution is 2.42. The second-order valence-electron chi connectivity index (χ2n) is 30.3. The largest absolute Gasteiger partial charge is 0.506 e. The Bertz CT molecular complexity index is 4670. The number of nitrogens with one attached hydrogen (secondary N) is 1. The minimum Gasteiger partial charge on any atom is -0.506 e. The number of halogens is 1. The fraction of sp³-hybridized carbons (Fsp3) is 0.384. The third-order valence-corrected chi connectivity index (χ3v) is 19.5. The van der Waals surface area contributed by atoms with Crippen LogP contribution in [0.5, 0.6) is 23.0 Å². The van der Waals surface area contributed by atoms with Gasteiger partial charge in [0.05, 0.1) is 47.4 Å². The van der Waals surface area contributed by atoms with E-state index in [0.717, 1.165) is 26.9 Å². The van der Waals surface area contributed by atoms with Crippen LogP contribution in [0, 0.1) is 43.9 Å². The minimum atomic E-state index is -1.27. The number of carboxylic acids is 1. The van der Waals surface area contributed by atoms with Gasteiger partial charge in [-0.2, -0.15) is 5.26 Å². The average molecular weight is 1550 g/mol. The Morgan fingerprint density at radius 1 is 0.633 bits per heavy atom. The van der Waals surface area contributed by atoms with Gasteiger partial charge < -0.3 is 56.9 Å². The van der Waals surface area contributed by atoms with Gasteiger partial charge in [0.1, 0.15) is 53.6 Å². The smallest absolute Gasteiger partial charge is 0.339 e. The third-order valence-electron chi connectivity index (χ3n) is 18.9. The fourth-order valence-corrected chi connectivity index (χ4v) is 13.1. The van der Waals surface area contributed by atoms with E-state index in [1.807, 2.05) is 67.6 Å². The van der Waals surface area contributed by atoms with Crippen molar-refractivity contribution in [2.45, 2.75) is 157 Å². The number of Topliss-reactive ketones (excluding diaryl/α,β-unsaturated/α-hetero) is 3. The number of benzene rings is 5. The van der Waals surface area contributed by atoms with Crippen molar-refractivity contribution in [1.82, 2.24) is 25.2 Å². The average Bonchev–Trinajstić information content (AvgIpc) is 0.793. The Labute approximate surface area is 647 Å². The molecule has 9 rings (SSSR count). The van der Waals surface area contributed by atoms with Crippen LogP contribution in [-0.2, 0) is 46.6 Å². The number of nitrogens with two attached hydrogens (primary N) is 3. The molecule has 3 aromatic heterocycles. The lowest BCUT2D eigenvalue weighted by atomic mass is 9.86. The Kier molecular flexibility index (Phi) is 29.5. The number of carbonyl (C=O) groups is 7. The van der Waals surface area contributed by atoms with Crippen LogP contribution < -0.4 is 32.0 Å². The maximum atomic E-state index is 14.8. The summed E-state index contributed by atoms with van der Waals surface area (Å²) < 4.78 is 17.8. The summed E-state index contributed by atoms with van der Waals surface area (Å²) in [5, 5.41) is 42.3. The van der Waals surface area contributed by atoms with Gasteiger partial charge in [0.2, 0.25) is 11.8 Å². The Morgan fingerprint density at radius 3 is 1.56 bits per heavy atom. The summed E-state index contributed by atoms with van der Waals surface area (Å²) >= 11 is 3.50.